The Morgan fingerprint density at radius 1 is 1.33 bits per heavy atom. The number of methoxy groups -OCH3 is 1. The summed E-state index contributed by atoms with van der Waals surface area (Å²) in [6, 6.07) is 9.68. The SMILES string of the molecule is COC(=O)C(C)(C)Cc1cccc(-c2ccnc(Cl)n2)c1. The molecule has 0 N–H and O–H groups in total. The van der Waals surface area contributed by atoms with Crippen molar-refractivity contribution in [3.05, 3.63) is 47.4 Å². The summed E-state index contributed by atoms with van der Waals surface area (Å²) >= 11 is 5.82. The van der Waals surface area contributed by atoms with Crippen molar-refractivity contribution in [3.8, 4) is 11.3 Å². The van der Waals surface area contributed by atoms with Gasteiger partial charge in [0.25, 0.3) is 0 Å². The predicted molar refractivity (Wildman–Crippen MR) is 82.0 cm³/mol. The molecule has 5 heteroatoms. The molecule has 4 nitrogen and oxygen atoms in total. The van der Waals surface area contributed by atoms with E-state index in [-0.39, 0.29) is 11.3 Å². The number of ether oxygens (including phenoxy) is 1. The van der Waals surface area contributed by atoms with Crippen LogP contribution in [0.1, 0.15) is 19.4 Å². The number of carbonyl (C=O) groups excluding carboxylic acids is 1. The van der Waals surface area contributed by atoms with Crippen LogP contribution in [0, 0.1) is 5.41 Å². The first kappa shape index (κ1) is 15.4. The Hall–Kier alpha value is -1.94. The molecule has 0 spiro atoms. The summed E-state index contributed by atoms with van der Waals surface area (Å²) < 4.78 is 4.84. The fraction of sp³-hybridized carbons (Fsp3) is 0.312. The topological polar surface area (TPSA) is 52.1 Å². The summed E-state index contributed by atoms with van der Waals surface area (Å²) in [5.41, 5.74) is 2.17. The van der Waals surface area contributed by atoms with Crippen molar-refractivity contribution < 1.29 is 9.53 Å². The molecule has 0 fully saturated rings. The van der Waals surface area contributed by atoms with Crippen LogP contribution < -0.4 is 0 Å². The van der Waals surface area contributed by atoms with Crippen molar-refractivity contribution in [1.29, 1.82) is 0 Å². The smallest absolute Gasteiger partial charge is 0.311 e. The first-order chi connectivity index (χ1) is 9.92. The molecule has 0 radical (unpaired) electrons. The average molecular weight is 305 g/mol. The van der Waals surface area contributed by atoms with Gasteiger partial charge in [0.2, 0.25) is 5.28 Å². The molecule has 110 valence electrons. The Morgan fingerprint density at radius 3 is 2.76 bits per heavy atom. The van der Waals surface area contributed by atoms with Crippen LogP contribution >= 0.6 is 11.6 Å². The van der Waals surface area contributed by atoms with E-state index >= 15 is 0 Å². The maximum atomic E-state index is 11.8. The van der Waals surface area contributed by atoms with Crippen LogP contribution in [-0.4, -0.2) is 23.0 Å². The van der Waals surface area contributed by atoms with E-state index in [4.69, 9.17) is 16.3 Å². The molecule has 2 rings (SSSR count). The second-order valence-electron chi connectivity index (χ2n) is 5.46. The number of aromatic nitrogens is 2. The number of nitrogens with zero attached hydrogens (tertiary/aromatic N) is 2. The highest BCUT2D eigenvalue weighted by Crippen LogP contribution is 2.26. The monoisotopic (exact) mass is 304 g/mol. The van der Waals surface area contributed by atoms with Crippen molar-refractivity contribution >= 4 is 17.6 Å². The molecular formula is C16H17ClN2O2. The van der Waals surface area contributed by atoms with Crippen molar-refractivity contribution in [3.63, 3.8) is 0 Å². The number of benzene rings is 1. The Bertz CT molecular complexity index is 656. The highest BCUT2D eigenvalue weighted by atomic mass is 35.5. The lowest BCUT2D eigenvalue weighted by Gasteiger charge is -2.21. The van der Waals surface area contributed by atoms with E-state index in [2.05, 4.69) is 9.97 Å². The molecule has 2 aromatic rings. The minimum absolute atomic E-state index is 0.216. The summed E-state index contributed by atoms with van der Waals surface area (Å²) in [7, 11) is 1.41. The molecule has 21 heavy (non-hydrogen) atoms. The highest BCUT2D eigenvalue weighted by molar-refractivity contribution is 6.28. The number of hydrogen-bond acceptors (Lipinski definition) is 4. The normalized spacial score (nSPS) is 11.2. The largest absolute Gasteiger partial charge is 0.469 e. The zero-order valence-electron chi connectivity index (χ0n) is 12.3. The van der Waals surface area contributed by atoms with Crippen LogP contribution in [0.4, 0.5) is 0 Å². The van der Waals surface area contributed by atoms with Gasteiger partial charge in [-0.3, -0.25) is 4.79 Å². The van der Waals surface area contributed by atoms with Gasteiger partial charge >= 0.3 is 5.97 Å². The van der Waals surface area contributed by atoms with Crippen LogP contribution in [-0.2, 0) is 16.0 Å². The fourth-order valence-electron chi connectivity index (χ4n) is 2.20. The lowest BCUT2D eigenvalue weighted by molar-refractivity contribution is -0.150. The molecule has 0 bridgehead atoms. The minimum Gasteiger partial charge on any atom is -0.469 e. The average Bonchev–Trinajstić information content (AvgIpc) is 2.46. The number of hydrogen-bond donors (Lipinski definition) is 0. The highest BCUT2D eigenvalue weighted by Gasteiger charge is 2.28. The van der Waals surface area contributed by atoms with Crippen LogP contribution in [0.25, 0.3) is 11.3 Å². The number of carbonyl (C=O) groups is 1. The molecule has 0 saturated heterocycles. The maximum Gasteiger partial charge on any atom is 0.311 e. The van der Waals surface area contributed by atoms with Crippen LogP contribution in [0.2, 0.25) is 5.28 Å². The van der Waals surface area contributed by atoms with Crippen molar-refractivity contribution in [2.45, 2.75) is 20.3 Å². The van der Waals surface area contributed by atoms with Crippen molar-refractivity contribution in [2.75, 3.05) is 7.11 Å². The number of rotatable bonds is 4. The van der Waals surface area contributed by atoms with Crippen LogP contribution in [0.3, 0.4) is 0 Å². The van der Waals surface area contributed by atoms with E-state index in [0.717, 1.165) is 16.8 Å². The van der Waals surface area contributed by atoms with Crippen molar-refractivity contribution in [2.24, 2.45) is 5.41 Å². The zero-order chi connectivity index (χ0) is 15.5. The van der Waals surface area contributed by atoms with Gasteiger partial charge in [0.15, 0.2) is 0 Å². The number of halogens is 1. The van der Waals surface area contributed by atoms with E-state index in [1.54, 1.807) is 12.3 Å². The van der Waals surface area contributed by atoms with Gasteiger partial charge in [0.1, 0.15) is 0 Å². The Labute approximate surface area is 129 Å². The Balaban J connectivity index is 2.28. The van der Waals surface area contributed by atoms with E-state index in [1.165, 1.54) is 7.11 Å². The van der Waals surface area contributed by atoms with Gasteiger partial charge in [-0.2, -0.15) is 0 Å². The lowest BCUT2D eigenvalue weighted by atomic mass is 9.85. The summed E-state index contributed by atoms with van der Waals surface area (Å²) in [5.74, 6) is -0.224. The van der Waals surface area contributed by atoms with Gasteiger partial charge in [0, 0.05) is 11.8 Å². The molecular weight excluding hydrogens is 288 g/mol. The summed E-state index contributed by atoms with van der Waals surface area (Å²) in [4.78, 5) is 19.8. The fourth-order valence-corrected chi connectivity index (χ4v) is 2.34. The van der Waals surface area contributed by atoms with Crippen molar-refractivity contribution in [1.82, 2.24) is 9.97 Å². The molecule has 1 aromatic heterocycles. The van der Waals surface area contributed by atoms with Crippen LogP contribution in [0.5, 0.6) is 0 Å². The molecule has 0 aliphatic carbocycles. The van der Waals surface area contributed by atoms with E-state index in [9.17, 15) is 4.79 Å². The van der Waals surface area contributed by atoms with Gasteiger partial charge < -0.3 is 4.74 Å². The quantitative estimate of drug-likeness (QED) is 0.640. The van der Waals surface area contributed by atoms with Gasteiger partial charge in [-0.1, -0.05) is 18.2 Å². The third-order valence-electron chi connectivity index (χ3n) is 3.23. The zero-order valence-corrected chi connectivity index (χ0v) is 13.0. The second kappa shape index (κ2) is 6.22. The Kier molecular flexibility index (Phi) is 4.58. The molecule has 0 aliphatic heterocycles. The standard InChI is InChI=1S/C16H17ClN2O2/c1-16(2,14(20)21-3)10-11-5-4-6-12(9-11)13-7-8-18-15(17)19-13/h4-9H,10H2,1-3H3. The van der Waals surface area contributed by atoms with Gasteiger partial charge in [0.05, 0.1) is 18.2 Å². The maximum absolute atomic E-state index is 11.8. The third-order valence-corrected chi connectivity index (χ3v) is 3.42. The van der Waals surface area contributed by atoms with E-state index < -0.39 is 5.41 Å². The Morgan fingerprint density at radius 2 is 2.10 bits per heavy atom. The van der Waals surface area contributed by atoms with Crippen LogP contribution in [0.15, 0.2) is 36.5 Å². The van der Waals surface area contributed by atoms with Gasteiger partial charge in [-0.05, 0) is 49.6 Å². The number of esters is 1. The lowest BCUT2D eigenvalue weighted by Crippen LogP contribution is -2.27. The first-order valence-corrected chi connectivity index (χ1v) is 6.96. The molecule has 0 unspecified atom stereocenters. The molecule has 1 heterocycles. The summed E-state index contributed by atoms with van der Waals surface area (Å²) in [6.07, 6.45) is 2.21. The third kappa shape index (κ3) is 3.79. The molecule has 1 aromatic carbocycles. The van der Waals surface area contributed by atoms with E-state index in [0.29, 0.717) is 6.42 Å². The molecule has 0 aliphatic rings. The summed E-state index contributed by atoms with van der Waals surface area (Å²) in [6.45, 7) is 3.74. The predicted octanol–water partition coefficient (Wildman–Crippen LogP) is 3.54. The first-order valence-electron chi connectivity index (χ1n) is 6.58. The van der Waals surface area contributed by atoms with E-state index in [1.807, 2.05) is 38.1 Å². The van der Waals surface area contributed by atoms with Gasteiger partial charge in [-0.15, -0.1) is 0 Å². The molecule has 0 saturated carbocycles. The summed E-state index contributed by atoms with van der Waals surface area (Å²) in [5, 5.41) is 0.216. The second-order valence-corrected chi connectivity index (χ2v) is 5.80. The van der Waals surface area contributed by atoms with Gasteiger partial charge in [-0.25, -0.2) is 9.97 Å². The molecule has 0 atom stereocenters. The molecule has 0 amide bonds. The minimum atomic E-state index is -0.573.